The van der Waals surface area contributed by atoms with Crippen molar-refractivity contribution in [3.05, 3.63) is 29.3 Å². The predicted molar refractivity (Wildman–Crippen MR) is 89.1 cm³/mol. The van der Waals surface area contributed by atoms with Gasteiger partial charge in [-0.1, -0.05) is 6.07 Å². The van der Waals surface area contributed by atoms with E-state index >= 15 is 0 Å². The minimum Gasteiger partial charge on any atom is -0.598 e. The molecule has 0 unspecified atom stereocenters. The smallest absolute Gasteiger partial charge is 0.419 e. The molecule has 0 radical (unpaired) electrons. The van der Waals surface area contributed by atoms with Gasteiger partial charge in [0.2, 0.25) is 0 Å². The third-order valence-corrected chi connectivity index (χ3v) is 5.50. The van der Waals surface area contributed by atoms with Crippen molar-refractivity contribution in [2.75, 3.05) is 6.61 Å². The van der Waals surface area contributed by atoms with Gasteiger partial charge in [-0.3, -0.25) is 0 Å². The topological polar surface area (TPSA) is 44.3 Å². The maximum absolute atomic E-state index is 13.1. The number of ether oxygens (including phenoxy) is 1. The molecule has 136 valence electrons. The van der Waals surface area contributed by atoms with Crippen LogP contribution in [0.2, 0.25) is 0 Å². The number of nitrogens with one attached hydrogen (secondary N) is 1. The van der Waals surface area contributed by atoms with Crippen LogP contribution in [-0.2, 0) is 17.5 Å². The zero-order valence-electron chi connectivity index (χ0n) is 14.4. The second kappa shape index (κ2) is 7.14. The fourth-order valence-electron chi connectivity index (χ4n) is 2.06. The Morgan fingerprint density at radius 3 is 2.42 bits per heavy atom. The zero-order chi connectivity index (χ0) is 18.1. The van der Waals surface area contributed by atoms with Gasteiger partial charge in [0.05, 0.1) is 18.2 Å². The molecule has 0 heterocycles. The molecule has 0 spiro atoms. The summed E-state index contributed by atoms with van der Waals surface area (Å²) in [6.45, 7) is 7.58. The lowest BCUT2D eigenvalue weighted by molar-refractivity contribution is -0.139. The molecular weight excluding hydrogens is 339 g/mol. The molecule has 0 bridgehead atoms. The number of hydrogen-bond acceptors (Lipinski definition) is 3. The molecule has 1 saturated carbocycles. The molecule has 1 fully saturated rings. The summed E-state index contributed by atoms with van der Waals surface area (Å²) in [7, 11) is 0. The SMILES string of the molecule is C[C@H](N[S@@+]([O-])C(C)(C)C)c1ccc(C(F)(F)F)c(OCC2CC2)c1. The molecule has 0 aromatic heterocycles. The maximum atomic E-state index is 13.1. The fraction of sp³-hybridized carbons (Fsp3) is 0.647. The predicted octanol–water partition coefficient (Wildman–Crippen LogP) is 4.61. The zero-order valence-corrected chi connectivity index (χ0v) is 15.2. The van der Waals surface area contributed by atoms with E-state index in [4.69, 9.17) is 4.74 Å². The normalized spacial score (nSPS) is 18.3. The summed E-state index contributed by atoms with van der Waals surface area (Å²) in [6, 6.07) is 3.50. The Morgan fingerprint density at radius 1 is 1.29 bits per heavy atom. The van der Waals surface area contributed by atoms with E-state index in [-0.39, 0.29) is 11.8 Å². The van der Waals surface area contributed by atoms with Crippen molar-refractivity contribution in [1.82, 2.24) is 4.72 Å². The van der Waals surface area contributed by atoms with Gasteiger partial charge < -0.3 is 9.29 Å². The van der Waals surface area contributed by atoms with Crippen LogP contribution < -0.4 is 9.46 Å². The number of halogens is 3. The summed E-state index contributed by atoms with van der Waals surface area (Å²) in [5, 5.41) is 0. The summed E-state index contributed by atoms with van der Waals surface area (Å²) in [6.07, 6.45) is -2.45. The second-order valence-corrected chi connectivity index (χ2v) is 9.23. The lowest BCUT2D eigenvalue weighted by Gasteiger charge is -2.27. The molecule has 0 amide bonds. The molecule has 24 heavy (non-hydrogen) atoms. The van der Waals surface area contributed by atoms with Crippen LogP contribution in [0.15, 0.2) is 18.2 Å². The lowest BCUT2D eigenvalue weighted by atomic mass is 10.1. The van der Waals surface area contributed by atoms with Crippen LogP contribution in [-0.4, -0.2) is 15.9 Å². The van der Waals surface area contributed by atoms with Crippen LogP contribution in [0.1, 0.15) is 57.7 Å². The monoisotopic (exact) mass is 363 g/mol. The summed E-state index contributed by atoms with van der Waals surface area (Å²) in [5.41, 5.74) is -0.151. The first-order valence-electron chi connectivity index (χ1n) is 8.00. The number of benzene rings is 1. The summed E-state index contributed by atoms with van der Waals surface area (Å²) in [4.78, 5) is 0. The first kappa shape index (κ1) is 19.4. The van der Waals surface area contributed by atoms with Crippen molar-refractivity contribution in [2.24, 2.45) is 5.92 Å². The van der Waals surface area contributed by atoms with E-state index in [0.29, 0.717) is 18.1 Å². The quantitative estimate of drug-likeness (QED) is 0.751. The highest BCUT2D eigenvalue weighted by Gasteiger charge is 2.36. The van der Waals surface area contributed by atoms with Crippen molar-refractivity contribution in [3.63, 3.8) is 0 Å². The van der Waals surface area contributed by atoms with Gasteiger partial charge in [0.25, 0.3) is 0 Å². The van der Waals surface area contributed by atoms with E-state index in [1.165, 1.54) is 12.1 Å². The molecule has 1 N–H and O–H groups in total. The molecule has 1 aliphatic carbocycles. The Kier molecular flexibility index (Phi) is 5.77. The highest BCUT2D eigenvalue weighted by atomic mass is 32.2. The average molecular weight is 363 g/mol. The maximum Gasteiger partial charge on any atom is 0.419 e. The van der Waals surface area contributed by atoms with Crippen LogP contribution in [0.25, 0.3) is 0 Å². The Hall–Kier alpha value is -0.920. The summed E-state index contributed by atoms with van der Waals surface area (Å²) >= 11 is -1.31. The van der Waals surface area contributed by atoms with Crippen molar-refractivity contribution in [3.8, 4) is 5.75 Å². The third kappa shape index (κ3) is 5.29. The number of hydrogen-bond donors (Lipinski definition) is 1. The Labute approximate surface area is 144 Å². The van der Waals surface area contributed by atoms with Crippen LogP contribution in [0, 0.1) is 5.92 Å². The molecular formula is C17H24F3NO2S. The molecule has 1 aromatic carbocycles. The van der Waals surface area contributed by atoms with Gasteiger partial charge >= 0.3 is 6.18 Å². The second-order valence-electron chi connectivity index (χ2n) is 7.23. The molecule has 2 atom stereocenters. The number of rotatable bonds is 6. The van der Waals surface area contributed by atoms with Crippen molar-refractivity contribution < 1.29 is 22.5 Å². The lowest BCUT2D eigenvalue weighted by Crippen LogP contribution is -2.40. The van der Waals surface area contributed by atoms with Crippen molar-refractivity contribution >= 4 is 11.4 Å². The van der Waals surface area contributed by atoms with Gasteiger partial charge in [-0.15, -0.1) is 4.72 Å². The summed E-state index contributed by atoms with van der Waals surface area (Å²) < 4.78 is 59.5. The van der Waals surface area contributed by atoms with Gasteiger partial charge in [0.1, 0.15) is 10.5 Å². The minimum absolute atomic E-state index is 0.151. The van der Waals surface area contributed by atoms with Gasteiger partial charge in [0, 0.05) is 11.4 Å². The molecule has 7 heteroatoms. The highest BCUT2D eigenvalue weighted by Crippen LogP contribution is 2.39. The van der Waals surface area contributed by atoms with Crippen LogP contribution >= 0.6 is 0 Å². The van der Waals surface area contributed by atoms with E-state index < -0.39 is 27.8 Å². The van der Waals surface area contributed by atoms with E-state index in [1.54, 1.807) is 6.92 Å². The largest absolute Gasteiger partial charge is 0.598 e. The van der Waals surface area contributed by atoms with E-state index in [9.17, 15) is 17.7 Å². The molecule has 0 saturated heterocycles. The van der Waals surface area contributed by atoms with Gasteiger partial charge in [-0.05, 0) is 64.2 Å². The van der Waals surface area contributed by atoms with E-state index in [2.05, 4.69) is 4.72 Å². The van der Waals surface area contributed by atoms with Gasteiger partial charge in [-0.25, -0.2) is 0 Å². The fourth-order valence-corrected chi connectivity index (χ4v) is 2.87. The average Bonchev–Trinajstić information content (AvgIpc) is 3.26. The molecule has 1 aromatic rings. The van der Waals surface area contributed by atoms with Crippen LogP contribution in [0.3, 0.4) is 0 Å². The Balaban J connectivity index is 2.19. The molecule has 2 rings (SSSR count). The first-order chi connectivity index (χ1) is 11.0. The third-order valence-electron chi connectivity index (χ3n) is 3.82. The molecule has 0 aliphatic heterocycles. The Bertz CT molecular complexity index is 568. The summed E-state index contributed by atoms with van der Waals surface area (Å²) in [5.74, 6) is 0.209. The van der Waals surface area contributed by atoms with Gasteiger partial charge in [0.15, 0.2) is 0 Å². The van der Waals surface area contributed by atoms with Crippen molar-refractivity contribution in [2.45, 2.75) is 57.5 Å². The van der Waals surface area contributed by atoms with Crippen LogP contribution in [0.5, 0.6) is 5.75 Å². The molecule has 1 aliphatic rings. The molecule has 3 nitrogen and oxygen atoms in total. The van der Waals surface area contributed by atoms with E-state index in [0.717, 1.165) is 18.9 Å². The van der Waals surface area contributed by atoms with Gasteiger partial charge in [-0.2, -0.15) is 13.2 Å². The highest BCUT2D eigenvalue weighted by molar-refractivity contribution is 7.90. The Morgan fingerprint density at radius 2 is 1.92 bits per heavy atom. The van der Waals surface area contributed by atoms with Crippen LogP contribution in [0.4, 0.5) is 13.2 Å². The van der Waals surface area contributed by atoms with Crippen molar-refractivity contribution in [1.29, 1.82) is 0 Å². The minimum atomic E-state index is -4.46. The standard InChI is InChI=1S/C17H24F3NO2S/c1-11(21-24(22)16(2,3)4)13-7-8-14(17(18,19)20)15(9-13)23-10-12-5-6-12/h7-9,11-12,21H,5-6,10H2,1-4H3/t11-,24-/m0/s1. The first-order valence-corrected chi connectivity index (χ1v) is 9.15. The van der Waals surface area contributed by atoms with E-state index in [1.807, 2.05) is 20.8 Å². The number of alkyl halides is 3.